The maximum absolute atomic E-state index is 11.9. The van der Waals surface area contributed by atoms with E-state index in [9.17, 15) is 14.9 Å². The number of nitrogens with two attached hydrogens (primary N) is 1. The standard InChI is InChI=1S/C14H11ClN2O4/c15-10-3-1-9(2-4-10)8-21-14(18)12-7-11(17(19)20)5-6-13(12)16/h1-7H,8,16H2. The number of halogens is 1. The maximum atomic E-state index is 11.9. The van der Waals surface area contributed by atoms with Gasteiger partial charge in [0.05, 0.1) is 10.5 Å². The van der Waals surface area contributed by atoms with Gasteiger partial charge in [-0.15, -0.1) is 0 Å². The van der Waals surface area contributed by atoms with Crippen LogP contribution in [0.4, 0.5) is 11.4 Å². The Morgan fingerprint density at radius 3 is 2.52 bits per heavy atom. The van der Waals surface area contributed by atoms with Crippen molar-refractivity contribution in [1.82, 2.24) is 0 Å². The van der Waals surface area contributed by atoms with Crippen LogP contribution in [0.2, 0.25) is 5.02 Å². The van der Waals surface area contributed by atoms with E-state index in [2.05, 4.69) is 0 Å². The molecule has 108 valence electrons. The van der Waals surface area contributed by atoms with E-state index in [4.69, 9.17) is 22.1 Å². The summed E-state index contributed by atoms with van der Waals surface area (Å²) in [4.78, 5) is 22.0. The number of carbonyl (C=O) groups excluding carboxylic acids is 1. The monoisotopic (exact) mass is 306 g/mol. The van der Waals surface area contributed by atoms with Crippen LogP contribution in [0.1, 0.15) is 15.9 Å². The first-order chi connectivity index (χ1) is 9.97. The summed E-state index contributed by atoms with van der Waals surface area (Å²) in [6, 6.07) is 10.4. The Balaban J connectivity index is 2.11. The van der Waals surface area contributed by atoms with Gasteiger partial charge in [-0.2, -0.15) is 0 Å². The van der Waals surface area contributed by atoms with Crippen molar-refractivity contribution in [2.24, 2.45) is 0 Å². The minimum absolute atomic E-state index is 0.0259. The number of hydrogen-bond donors (Lipinski definition) is 1. The van der Waals surface area contributed by atoms with Crippen LogP contribution in [0, 0.1) is 10.1 Å². The first-order valence-corrected chi connectivity index (χ1v) is 6.30. The summed E-state index contributed by atoms with van der Waals surface area (Å²) in [5.74, 6) is -0.717. The first kappa shape index (κ1) is 14.8. The molecule has 0 saturated heterocycles. The summed E-state index contributed by atoms with van der Waals surface area (Å²) in [6.45, 7) is 0.0259. The molecule has 0 unspecified atom stereocenters. The molecule has 0 aliphatic carbocycles. The molecule has 0 bridgehead atoms. The smallest absolute Gasteiger partial charge is 0.340 e. The largest absolute Gasteiger partial charge is 0.457 e. The van der Waals surface area contributed by atoms with Crippen molar-refractivity contribution in [3.63, 3.8) is 0 Å². The van der Waals surface area contributed by atoms with Crippen LogP contribution in [0.15, 0.2) is 42.5 Å². The lowest BCUT2D eigenvalue weighted by Crippen LogP contribution is -2.09. The van der Waals surface area contributed by atoms with Crippen LogP contribution in [0.5, 0.6) is 0 Å². The highest BCUT2D eigenvalue weighted by Gasteiger charge is 2.16. The summed E-state index contributed by atoms with van der Waals surface area (Å²) in [5, 5.41) is 11.3. The molecule has 0 aliphatic rings. The molecule has 6 nitrogen and oxygen atoms in total. The van der Waals surface area contributed by atoms with Gasteiger partial charge in [0.2, 0.25) is 0 Å². The van der Waals surface area contributed by atoms with Gasteiger partial charge in [-0.25, -0.2) is 4.79 Å². The number of nitro groups is 1. The molecule has 0 atom stereocenters. The lowest BCUT2D eigenvalue weighted by atomic mass is 10.1. The van der Waals surface area contributed by atoms with Crippen molar-refractivity contribution in [3.8, 4) is 0 Å². The summed E-state index contributed by atoms with van der Waals surface area (Å²) in [7, 11) is 0. The second-order valence-corrected chi connectivity index (χ2v) is 4.67. The summed E-state index contributed by atoms with van der Waals surface area (Å²) in [6.07, 6.45) is 0. The van der Waals surface area contributed by atoms with Crippen molar-refractivity contribution in [2.45, 2.75) is 6.61 Å². The van der Waals surface area contributed by atoms with Gasteiger partial charge in [0.15, 0.2) is 0 Å². The van der Waals surface area contributed by atoms with Crippen LogP contribution in [-0.4, -0.2) is 10.9 Å². The number of carbonyl (C=O) groups is 1. The molecule has 0 heterocycles. The average Bonchev–Trinajstić information content (AvgIpc) is 2.46. The van der Waals surface area contributed by atoms with Crippen molar-refractivity contribution in [3.05, 3.63) is 68.7 Å². The molecule has 0 aliphatic heterocycles. The number of esters is 1. The minimum Gasteiger partial charge on any atom is -0.457 e. The molecule has 0 radical (unpaired) electrons. The highest BCUT2D eigenvalue weighted by molar-refractivity contribution is 6.30. The van der Waals surface area contributed by atoms with E-state index in [0.717, 1.165) is 11.6 Å². The van der Waals surface area contributed by atoms with Gasteiger partial charge in [-0.1, -0.05) is 23.7 Å². The number of rotatable bonds is 4. The van der Waals surface area contributed by atoms with Gasteiger partial charge in [0.1, 0.15) is 6.61 Å². The molecule has 0 aromatic heterocycles. The maximum Gasteiger partial charge on any atom is 0.340 e. The molecule has 2 rings (SSSR count). The summed E-state index contributed by atoms with van der Waals surface area (Å²) < 4.78 is 5.08. The van der Waals surface area contributed by atoms with Gasteiger partial charge < -0.3 is 10.5 Å². The number of nitrogens with zero attached hydrogens (tertiary/aromatic N) is 1. The Labute approximate surface area is 125 Å². The second kappa shape index (κ2) is 6.23. The van der Waals surface area contributed by atoms with Crippen LogP contribution in [0.3, 0.4) is 0 Å². The number of hydrogen-bond acceptors (Lipinski definition) is 5. The summed E-state index contributed by atoms with van der Waals surface area (Å²) >= 11 is 5.75. The van der Waals surface area contributed by atoms with E-state index in [-0.39, 0.29) is 23.5 Å². The number of ether oxygens (including phenoxy) is 1. The lowest BCUT2D eigenvalue weighted by Gasteiger charge is -2.07. The molecule has 7 heteroatoms. The van der Waals surface area contributed by atoms with Crippen LogP contribution >= 0.6 is 11.6 Å². The van der Waals surface area contributed by atoms with E-state index < -0.39 is 10.9 Å². The highest BCUT2D eigenvalue weighted by Crippen LogP contribution is 2.21. The zero-order chi connectivity index (χ0) is 15.4. The van der Waals surface area contributed by atoms with Gasteiger partial charge >= 0.3 is 5.97 Å². The fourth-order valence-electron chi connectivity index (χ4n) is 1.64. The van der Waals surface area contributed by atoms with E-state index in [1.807, 2.05) is 0 Å². The van der Waals surface area contributed by atoms with E-state index in [0.29, 0.717) is 5.02 Å². The number of anilines is 1. The van der Waals surface area contributed by atoms with E-state index in [1.165, 1.54) is 12.1 Å². The van der Waals surface area contributed by atoms with Crippen LogP contribution in [0.25, 0.3) is 0 Å². The fraction of sp³-hybridized carbons (Fsp3) is 0.0714. The Kier molecular flexibility index (Phi) is 4.39. The Morgan fingerprint density at radius 1 is 1.24 bits per heavy atom. The predicted molar refractivity (Wildman–Crippen MR) is 78.1 cm³/mol. The average molecular weight is 307 g/mol. The quantitative estimate of drug-likeness (QED) is 0.405. The second-order valence-electron chi connectivity index (χ2n) is 4.23. The number of nitrogen functional groups attached to an aromatic ring is 1. The van der Waals surface area contributed by atoms with Gasteiger partial charge in [0.25, 0.3) is 5.69 Å². The highest BCUT2D eigenvalue weighted by atomic mass is 35.5. The van der Waals surface area contributed by atoms with Gasteiger partial charge in [-0.3, -0.25) is 10.1 Å². The number of non-ortho nitro benzene ring substituents is 1. The molecule has 2 aromatic carbocycles. The zero-order valence-electron chi connectivity index (χ0n) is 10.8. The molecule has 0 spiro atoms. The van der Waals surface area contributed by atoms with E-state index >= 15 is 0 Å². The third-order valence-corrected chi connectivity index (χ3v) is 3.00. The van der Waals surface area contributed by atoms with Crippen molar-refractivity contribution in [1.29, 1.82) is 0 Å². The normalized spacial score (nSPS) is 10.1. The van der Waals surface area contributed by atoms with E-state index in [1.54, 1.807) is 24.3 Å². The minimum atomic E-state index is -0.717. The third-order valence-electron chi connectivity index (χ3n) is 2.75. The topological polar surface area (TPSA) is 95.5 Å². The Hall–Kier alpha value is -2.60. The SMILES string of the molecule is Nc1ccc([N+](=O)[O-])cc1C(=O)OCc1ccc(Cl)cc1. The molecule has 0 amide bonds. The Bertz CT molecular complexity index is 686. The number of nitro benzene ring substituents is 1. The third kappa shape index (κ3) is 3.70. The predicted octanol–water partition coefficient (Wildman–Crippen LogP) is 3.19. The van der Waals surface area contributed by atoms with Crippen molar-refractivity contribution < 1.29 is 14.5 Å². The van der Waals surface area contributed by atoms with Gasteiger partial charge in [0, 0.05) is 22.8 Å². The van der Waals surface area contributed by atoms with Gasteiger partial charge in [-0.05, 0) is 23.8 Å². The Morgan fingerprint density at radius 2 is 1.90 bits per heavy atom. The van der Waals surface area contributed by atoms with Crippen LogP contribution in [-0.2, 0) is 11.3 Å². The molecule has 0 fully saturated rings. The molecule has 2 N–H and O–H groups in total. The molecule has 0 saturated carbocycles. The first-order valence-electron chi connectivity index (χ1n) is 5.93. The molecular formula is C14H11ClN2O4. The molecular weight excluding hydrogens is 296 g/mol. The zero-order valence-corrected chi connectivity index (χ0v) is 11.5. The lowest BCUT2D eigenvalue weighted by molar-refractivity contribution is -0.384. The molecule has 21 heavy (non-hydrogen) atoms. The number of benzene rings is 2. The van der Waals surface area contributed by atoms with Crippen molar-refractivity contribution >= 4 is 28.9 Å². The summed E-state index contributed by atoms with van der Waals surface area (Å²) in [5.41, 5.74) is 6.26. The van der Waals surface area contributed by atoms with Crippen LogP contribution < -0.4 is 5.73 Å². The fourth-order valence-corrected chi connectivity index (χ4v) is 1.77. The van der Waals surface area contributed by atoms with Crippen molar-refractivity contribution in [2.75, 3.05) is 5.73 Å². The molecule has 2 aromatic rings.